The van der Waals surface area contributed by atoms with E-state index in [1.807, 2.05) is 19.1 Å². The zero-order valence-corrected chi connectivity index (χ0v) is 18.2. The first kappa shape index (κ1) is 10.7. The minimum Gasteiger partial charge on any atom is -0.454 e. The van der Waals surface area contributed by atoms with Crippen molar-refractivity contribution in [3.63, 3.8) is 0 Å². The molecule has 2 heteroatoms. The Kier molecular flexibility index (Phi) is 2.21. The maximum Gasteiger partial charge on any atom is 0.216 e. The Balaban J connectivity index is 1.71. The smallest absolute Gasteiger partial charge is 0.216 e. The van der Waals surface area contributed by atoms with Crippen molar-refractivity contribution in [2.45, 2.75) is 45.6 Å². The first-order chi connectivity index (χ1) is 21.1. The summed E-state index contributed by atoms with van der Waals surface area (Å²) in [5.41, 5.74) is 0.805. The van der Waals surface area contributed by atoms with Gasteiger partial charge in [-0.3, -0.25) is 0 Å². The van der Waals surface area contributed by atoms with E-state index in [1.165, 1.54) is 24.4 Å². The van der Waals surface area contributed by atoms with Crippen molar-refractivity contribution in [3.05, 3.63) is 89.1 Å². The molecular weight excluding hydrogens is 402 g/mol. The fourth-order valence-corrected chi connectivity index (χ4v) is 5.05. The van der Waals surface area contributed by atoms with Crippen LogP contribution in [0.15, 0.2) is 71.3 Å². The van der Waals surface area contributed by atoms with E-state index in [-0.39, 0.29) is 16.7 Å². The molecule has 0 N–H and O–H groups in total. The van der Waals surface area contributed by atoms with Crippen LogP contribution in [-0.2, 0) is 12.5 Å². The Morgan fingerprint density at radius 3 is 2.45 bits per heavy atom. The van der Waals surface area contributed by atoms with E-state index in [0.29, 0.717) is 49.9 Å². The summed E-state index contributed by atoms with van der Waals surface area (Å²) >= 11 is 0. The molecule has 6 rings (SSSR count). The highest BCUT2D eigenvalue weighted by molar-refractivity contribution is 6.14. The van der Waals surface area contributed by atoms with Gasteiger partial charge in [-0.2, -0.15) is 0 Å². The fraction of sp³-hybridized carbons (Fsp3) is 0.258. The molecule has 0 fully saturated rings. The number of furan rings is 1. The third-order valence-corrected chi connectivity index (χ3v) is 6.72. The van der Waals surface area contributed by atoms with E-state index in [2.05, 4.69) is 0 Å². The van der Waals surface area contributed by atoms with Crippen molar-refractivity contribution >= 4 is 21.9 Å². The standard InChI is InChI=1S/C31H30NO/c1-18(2)20-15-16-32(6)26(17-20)27-19(3)11-12-21-22-13-14-25-28(30(22)33-29(21)27)23-9-7-8-10-24(23)31(25,4)5/h7-18H,1-6H3/q+1/i1D3,2D3,4D3,5D3,18D. The summed E-state index contributed by atoms with van der Waals surface area (Å²) in [6.07, 6.45) is 1.50. The third kappa shape index (κ3) is 2.70. The van der Waals surface area contributed by atoms with Crippen LogP contribution in [0.25, 0.3) is 44.3 Å². The Hall–Kier alpha value is -3.39. The lowest BCUT2D eigenvalue weighted by molar-refractivity contribution is -0.660. The molecule has 33 heavy (non-hydrogen) atoms. The molecule has 0 aliphatic heterocycles. The van der Waals surface area contributed by atoms with Crippen LogP contribution in [-0.4, -0.2) is 0 Å². The lowest BCUT2D eigenvalue weighted by Crippen LogP contribution is -2.31. The van der Waals surface area contributed by atoms with Gasteiger partial charge in [-0.25, -0.2) is 4.57 Å². The van der Waals surface area contributed by atoms with E-state index >= 15 is 0 Å². The van der Waals surface area contributed by atoms with Crippen molar-refractivity contribution in [2.75, 3.05) is 0 Å². The van der Waals surface area contributed by atoms with Gasteiger partial charge in [-0.15, -0.1) is 0 Å². The maximum absolute atomic E-state index is 8.74. The highest BCUT2D eigenvalue weighted by Crippen LogP contribution is 2.52. The summed E-state index contributed by atoms with van der Waals surface area (Å²) in [4.78, 5) is 0. The summed E-state index contributed by atoms with van der Waals surface area (Å²) in [7, 11) is 1.70. The second-order valence-electron chi connectivity index (χ2n) is 8.68. The molecule has 0 saturated heterocycles. The maximum atomic E-state index is 8.74. The van der Waals surface area contributed by atoms with Gasteiger partial charge in [-0.1, -0.05) is 75.9 Å². The van der Waals surface area contributed by atoms with Crippen molar-refractivity contribution in [3.8, 4) is 22.4 Å². The SMILES string of the molecule is [2H]C([2H])([2H])C([2H])(c1cc[n+](C)c(-c2c(C)ccc3c2oc2c4c(ccc23)C(C([2H])([2H])[2H])(C([2H])([2H])[2H])c2ccccc2-4)c1)C([2H])([2H])[2H]. The lowest BCUT2D eigenvalue weighted by atomic mass is 9.82. The Labute approximate surface area is 213 Å². The van der Waals surface area contributed by atoms with Gasteiger partial charge in [0, 0.05) is 51.7 Å². The first-order valence-corrected chi connectivity index (χ1v) is 10.7. The van der Waals surface area contributed by atoms with Crippen molar-refractivity contribution in [1.82, 2.24) is 0 Å². The number of rotatable bonds is 2. The van der Waals surface area contributed by atoms with Crippen molar-refractivity contribution < 1.29 is 26.8 Å². The molecule has 2 aromatic heterocycles. The Bertz CT molecular complexity index is 2020. The molecule has 0 amide bonds. The van der Waals surface area contributed by atoms with Gasteiger partial charge in [0.1, 0.15) is 18.2 Å². The summed E-state index contributed by atoms with van der Waals surface area (Å²) < 4.78 is 116. The van der Waals surface area contributed by atoms with Crippen LogP contribution in [0.5, 0.6) is 0 Å². The van der Waals surface area contributed by atoms with Crippen LogP contribution in [0, 0.1) is 6.92 Å². The fourth-order valence-electron chi connectivity index (χ4n) is 5.05. The van der Waals surface area contributed by atoms with Gasteiger partial charge in [-0.05, 0) is 40.6 Å². The summed E-state index contributed by atoms with van der Waals surface area (Å²) in [6.45, 7) is -10.4. The largest absolute Gasteiger partial charge is 0.454 e. The van der Waals surface area contributed by atoms with Crippen LogP contribution in [0.4, 0.5) is 0 Å². The normalized spacial score (nSPS) is 21.9. The van der Waals surface area contributed by atoms with Gasteiger partial charge in [0.05, 0.1) is 5.56 Å². The Morgan fingerprint density at radius 2 is 1.67 bits per heavy atom. The number of pyridine rings is 1. The van der Waals surface area contributed by atoms with Gasteiger partial charge >= 0.3 is 0 Å². The number of fused-ring (bicyclic) bond motifs is 7. The van der Waals surface area contributed by atoms with E-state index in [0.717, 1.165) is 0 Å². The summed E-state index contributed by atoms with van der Waals surface area (Å²) in [5.74, 6) is -2.92. The molecule has 0 bridgehead atoms. The number of hydrogen-bond donors (Lipinski definition) is 0. The van der Waals surface area contributed by atoms with Crippen molar-refractivity contribution in [1.29, 1.82) is 0 Å². The van der Waals surface area contributed by atoms with E-state index in [4.69, 9.17) is 22.2 Å². The molecular formula is C31H30NO+. The van der Waals surface area contributed by atoms with Gasteiger partial charge in [0.15, 0.2) is 6.20 Å². The van der Waals surface area contributed by atoms with Crippen LogP contribution in [0.1, 0.15) is 73.4 Å². The zero-order chi connectivity index (χ0) is 34.0. The predicted molar refractivity (Wildman–Crippen MR) is 137 cm³/mol. The van der Waals surface area contributed by atoms with Crippen LogP contribution in [0.2, 0.25) is 0 Å². The van der Waals surface area contributed by atoms with Crippen LogP contribution < -0.4 is 4.57 Å². The zero-order valence-electron chi connectivity index (χ0n) is 31.2. The number of nitrogens with zero attached hydrogens (tertiary/aromatic N) is 1. The quantitative estimate of drug-likeness (QED) is 0.253. The van der Waals surface area contributed by atoms with Crippen molar-refractivity contribution in [2.24, 2.45) is 7.05 Å². The average molecular weight is 446 g/mol. The predicted octanol–water partition coefficient (Wildman–Crippen LogP) is 7.82. The first-order valence-electron chi connectivity index (χ1n) is 17.2. The topological polar surface area (TPSA) is 17.0 Å². The minimum absolute atomic E-state index is 0.112. The molecule has 0 unspecified atom stereocenters. The van der Waals surface area contributed by atoms with Gasteiger partial charge in [0.25, 0.3) is 0 Å². The molecule has 2 heterocycles. The second kappa shape index (κ2) is 6.81. The molecule has 164 valence electrons. The molecule has 0 radical (unpaired) electrons. The molecule has 0 spiro atoms. The number of benzene rings is 3. The molecule has 0 atom stereocenters. The third-order valence-electron chi connectivity index (χ3n) is 6.72. The van der Waals surface area contributed by atoms with Crippen LogP contribution in [0.3, 0.4) is 0 Å². The molecule has 1 aliphatic rings. The van der Waals surface area contributed by atoms with Crippen LogP contribution >= 0.6 is 0 Å². The van der Waals surface area contributed by atoms with Gasteiger partial charge in [0.2, 0.25) is 5.69 Å². The lowest BCUT2D eigenvalue weighted by Gasteiger charge is -2.21. The minimum atomic E-state index is -3.18. The Morgan fingerprint density at radius 1 is 0.909 bits per heavy atom. The average Bonchev–Trinajstić information content (AvgIpc) is 3.45. The highest BCUT2D eigenvalue weighted by atomic mass is 16.3. The highest BCUT2D eigenvalue weighted by Gasteiger charge is 2.37. The monoisotopic (exact) mass is 445 g/mol. The molecule has 1 aliphatic carbocycles. The molecule has 0 saturated carbocycles. The number of aryl methyl sites for hydroxylation is 2. The number of hydrogen-bond acceptors (Lipinski definition) is 1. The molecule has 3 aromatic carbocycles. The van der Waals surface area contributed by atoms with E-state index in [9.17, 15) is 0 Å². The second-order valence-corrected chi connectivity index (χ2v) is 8.68. The number of aromatic nitrogens is 1. The molecule has 2 nitrogen and oxygen atoms in total. The summed E-state index contributed by atoms with van der Waals surface area (Å²) in [5, 5.41) is 1.24. The van der Waals surface area contributed by atoms with Gasteiger partial charge < -0.3 is 4.42 Å². The summed E-state index contributed by atoms with van der Waals surface area (Å²) in [6, 6.07) is 16.1. The van der Waals surface area contributed by atoms with E-state index in [1.54, 1.807) is 41.9 Å². The van der Waals surface area contributed by atoms with E-state index < -0.39 is 38.7 Å². The molecule has 5 aromatic rings.